The Hall–Kier alpha value is -2.28. The van der Waals surface area contributed by atoms with Crippen LogP contribution in [0.4, 0.5) is 15.2 Å². The lowest BCUT2D eigenvalue weighted by molar-refractivity contribution is -0.123. The maximum Gasteiger partial charge on any atom is 0.234 e. The van der Waals surface area contributed by atoms with E-state index in [0.29, 0.717) is 16.4 Å². The van der Waals surface area contributed by atoms with Crippen molar-refractivity contribution in [3.8, 4) is 0 Å². The maximum atomic E-state index is 13.2. The molecule has 0 spiro atoms. The molecule has 7 heteroatoms. The molecule has 20 heavy (non-hydrogen) atoms. The third kappa shape index (κ3) is 2.39. The monoisotopic (exact) mass is 291 g/mol. The first-order valence-electron chi connectivity index (χ1n) is 5.93. The van der Waals surface area contributed by atoms with Gasteiger partial charge in [-0.05, 0) is 17.7 Å². The van der Waals surface area contributed by atoms with E-state index in [1.54, 1.807) is 11.6 Å². The first kappa shape index (κ1) is 12.7. The zero-order valence-electron chi connectivity index (χ0n) is 10.2. The molecule has 3 rings (SSSR count). The minimum atomic E-state index is -0.636. The summed E-state index contributed by atoms with van der Waals surface area (Å²) in [7, 11) is 0. The number of rotatable bonds is 2. The van der Waals surface area contributed by atoms with E-state index >= 15 is 0 Å². The van der Waals surface area contributed by atoms with Crippen molar-refractivity contribution in [1.82, 2.24) is 4.98 Å². The predicted molar refractivity (Wildman–Crippen MR) is 73.1 cm³/mol. The Labute approximate surface area is 117 Å². The van der Waals surface area contributed by atoms with Gasteiger partial charge in [0.25, 0.3) is 0 Å². The van der Waals surface area contributed by atoms with E-state index in [4.69, 9.17) is 0 Å². The number of carbonyl (C=O) groups is 2. The number of anilines is 2. The van der Waals surface area contributed by atoms with Crippen molar-refractivity contribution in [3.05, 3.63) is 41.2 Å². The van der Waals surface area contributed by atoms with Gasteiger partial charge in [-0.25, -0.2) is 9.37 Å². The highest BCUT2D eigenvalue weighted by Gasteiger charge is 2.31. The second kappa shape index (κ2) is 5.01. The molecule has 1 aliphatic heterocycles. The van der Waals surface area contributed by atoms with Crippen LogP contribution in [0.2, 0.25) is 0 Å². The first-order chi connectivity index (χ1) is 9.63. The number of halogens is 1. The number of hydrogen-bond donors (Lipinski definition) is 2. The van der Waals surface area contributed by atoms with E-state index in [0.717, 1.165) is 0 Å². The highest BCUT2D eigenvalue weighted by molar-refractivity contribution is 7.13. The second-order valence-corrected chi connectivity index (χ2v) is 5.26. The summed E-state index contributed by atoms with van der Waals surface area (Å²) in [6.07, 6.45) is 1.62. The van der Waals surface area contributed by atoms with Gasteiger partial charge in [0.05, 0.1) is 5.92 Å². The molecular weight excluding hydrogens is 281 g/mol. The number of nitrogens with one attached hydrogen (secondary N) is 2. The summed E-state index contributed by atoms with van der Waals surface area (Å²) in [5.74, 6) is -1.71. The number of thiazole rings is 1. The Balaban J connectivity index is 1.90. The lowest BCUT2D eigenvalue weighted by Gasteiger charge is -2.24. The summed E-state index contributed by atoms with van der Waals surface area (Å²) in [4.78, 5) is 27.8. The Bertz CT molecular complexity index is 672. The fraction of sp³-hybridized carbons (Fsp3) is 0.154. The van der Waals surface area contributed by atoms with Crippen molar-refractivity contribution in [1.29, 1.82) is 0 Å². The largest absolute Gasteiger partial charge is 0.326 e. The Morgan fingerprint density at radius 1 is 1.50 bits per heavy atom. The minimum absolute atomic E-state index is 0.0375. The molecular formula is C13H10FN3O2S. The lowest BCUT2D eigenvalue weighted by atomic mass is 9.90. The van der Waals surface area contributed by atoms with Gasteiger partial charge in [0.2, 0.25) is 11.8 Å². The number of aromatic nitrogens is 1. The van der Waals surface area contributed by atoms with Crippen LogP contribution in [0.15, 0.2) is 29.8 Å². The molecule has 0 aliphatic carbocycles. The average molecular weight is 291 g/mol. The number of nitrogens with zero attached hydrogens (tertiary/aromatic N) is 1. The van der Waals surface area contributed by atoms with Gasteiger partial charge in [-0.15, -0.1) is 11.3 Å². The van der Waals surface area contributed by atoms with Gasteiger partial charge in [0.15, 0.2) is 5.13 Å². The molecule has 0 bridgehead atoms. The Morgan fingerprint density at radius 3 is 3.10 bits per heavy atom. The van der Waals surface area contributed by atoms with Crippen molar-refractivity contribution in [2.24, 2.45) is 0 Å². The lowest BCUT2D eigenvalue weighted by Crippen LogP contribution is -2.30. The molecule has 102 valence electrons. The van der Waals surface area contributed by atoms with Gasteiger partial charge in [0, 0.05) is 23.7 Å². The molecule has 2 aromatic rings. The average Bonchev–Trinajstić information content (AvgIpc) is 2.90. The number of carbonyl (C=O) groups excluding carboxylic acids is 2. The number of hydrogen-bond acceptors (Lipinski definition) is 4. The van der Waals surface area contributed by atoms with Gasteiger partial charge < -0.3 is 10.6 Å². The summed E-state index contributed by atoms with van der Waals surface area (Å²) in [5.41, 5.74) is 0.959. The van der Waals surface area contributed by atoms with Crippen LogP contribution in [0, 0.1) is 5.82 Å². The van der Waals surface area contributed by atoms with E-state index < -0.39 is 11.7 Å². The van der Waals surface area contributed by atoms with Crippen molar-refractivity contribution in [2.45, 2.75) is 12.3 Å². The van der Waals surface area contributed by atoms with Crippen LogP contribution in [0.25, 0.3) is 0 Å². The third-order valence-corrected chi connectivity index (χ3v) is 3.72. The minimum Gasteiger partial charge on any atom is -0.326 e. The van der Waals surface area contributed by atoms with Crippen LogP contribution >= 0.6 is 11.3 Å². The first-order valence-corrected chi connectivity index (χ1v) is 6.81. The molecule has 0 unspecified atom stereocenters. The zero-order valence-corrected chi connectivity index (χ0v) is 11.0. The predicted octanol–water partition coefficient (Wildman–Crippen LogP) is 2.35. The van der Waals surface area contributed by atoms with E-state index in [2.05, 4.69) is 15.6 Å². The molecule has 2 N–H and O–H groups in total. The third-order valence-electron chi connectivity index (χ3n) is 3.03. The van der Waals surface area contributed by atoms with Crippen molar-refractivity contribution in [2.75, 3.05) is 10.6 Å². The van der Waals surface area contributed by atoms with E-state index in [9.17, 15) is 14.0 Å². The van der Waals surface area contributed by atoms with E-state index in [-0.39, 0.29) is 18.2 Å². The summed E-state index contributed by atoms with van der Waals surface area (Å²) in [6.45, 7) is 0. The highest BCUT2D eigenvalue weighted by atomic mass is 32.1. The molecule has 1 aromatic heterocycles. The van der Waals surface area contributed by atoms with Gasteiger partial charge in [0.1, 0.15) is 5.82 Å². The molecule has 0 saturated heterocycles. The Morgan fingerprint density at radius 2 is 2.35 bits per heavy atom. The molecule has 0 radical (unpaired) electrons. The van der Waals surface area contributed by atoms with Crippen LogP contribution in [0.1, 0.15) is 17.9 Å². The molecule has 0 fully saturated rings. The SMILES string of the molecule is O=C1C[C@H](C(=O)Nc2nccs2)c2ccc(F)cc2N1. The van der Waals surface area contributed by atoms with Crippen molar-refractivity contribution >= 4 is 34.0 Å². The van der Waals surface area contributed by atoms with Gasteiger partial charge in [-0.3, -0.25) is 9.59 Å². The van der Waals surface area contributed by atoms with Crippen LogP contribution in [0.3, 0.4) is 0 Å². The van der Waals surface area contributed by atoms with Gasteiger partial charge in [-0.1, -0.05) is 6.07 Å². The van der Waals surface area contributed by atoms with E-state index in [1.807, 2.05) is 0 Å². The van der Waals surface area contributed by atoms with E-state index in [1.165, 1.54) is 29.5 Å². The quantitative estimate of drug-likeness (QED) is 0.892. The van der Waals surface area contributed by atoms with Gasteiger partial charge in [-0.2, -0.15) is 0 Å². The van der Waals surface area contributed by atoms with Gasteiger partial charge >= 0.3 is 0 Å². The number of fused-ring (bicyclic) bond motifs is 1. The smallest absolute Gasteiger partial charge is 0.234 e. The molecule has 1 aromatic carbocycles. The molecule has 2 heterocycles. The highest BCUT2D eigenvalue weighted by Crippen LogP contribution is 2.33. The summed E-state index contributed by atoms with van der Waals surface area (Å²) >= 11 is 1.30. The zero-order chi connectivity index (χ0) is 14.1. The van der Waals surface area contributed by atoms with Crippen molar-refractivity contribution < 1.29 is 14.0 Å². The number of benzene rings is 1. The second-order valence-electron chi connectivity index (χ2n) is 4.36. The maximum absolute atomic E-state index is 13.2. The van der Waals surface area contributed by atoms with Crippen LogP contribution in [-0.4, -0.2) is 16.8 Å². The van der Waals surface area contributed by atoms with Crippen LogP contribution in [-0.2, 0) is 9.59 Å². The molecule has 5 nitrogen and oxygen atoms in total. The molecule has 0 saturated carbocycles. The summed E-state index contributed by atoms with van der Waals surface area (Å²) in [5, 5.41) is 7.45. The topological polar surface area (TPSA) is 71.1 Å². The summed E-state index contributed by atoms with van der Waals surface area (Å²) in [6, 6.07) is 4.02. The Kier molecular flexibility index (Phi) is 3.19. The standard InChI is InChI=1S/C13H10FN3O2S/c14-7-1-2-8-9(6-11(18)16-10(8)5-7)12(19)17-13-15-3-4-20-13/h1-5,9H,6H2,(H,16,18)(H,15,17,19)/t9-/m0/s1. The normalized spacial score (nSPS) is 17.2. The van der Waals surface area contributed by atoms with Crippen molar-refractivity contribution in [3.63, 3.8) is 0 Å². The fourth-order valence-electron chi connectivity index (χ4n) is 2.15. The van der Waals surface area contributed by atoms with Crippen LogP contribution < -0.4 is 10.6 Å². The fourth-order valence-corrected chi connectivity index (χ4v) is 2.68. The summed E-state index contributed by atoms with van der Waals surface area (Å²) < 4.78 is 13.2. The molecule has 1 atom stereocenters. The van der Waals surface area contributed by atoms with Crippen LogP contribution in [0.5, 0.6) is 0 Å². The number of amides is 2. The molecule has 1 aliphatic rings. The molecule has 2 amide bonds.